The molecule has 1 N–H and O–H groups in total. The summed E-state index contributed by atoms with van der Waals surface area (Å²) in [6, 6.07) is 11.2. The van der Waals surface area contributed by atoms with Crippen LogP contribution < -0.4 is 5.32 Å². The van der Waals surface area contributed by atoms with Crippen LogP contribution in [0.3, 0.4) is 0 Å². The highest BCUT2D eigenvalue weighted by Crippen LogP contribution is 2.21. The number of methoxy groups -OCH3 is 1. The number of anilines is 1. The van der Waals surface area contributed by atoms with Crippen molar-refractivity contribution in [2.45, 2.75) is 13.0 Å². The highest BCUT2D eigenvalue weighted by molar-refractivity contribution is 7.10. The van der Waals surface area contributed by atoms with Crippen LogP contribution >= 0.6 is 11.5 Å². The Morgan fingerprint density at radius 3 is 2.67 bits per heavy atom. The van der Waals surface area contributed by atoms with Gasteiger partial charge in [-0.25, -0.2) is 0 Å². The summed E-state index contributed by atoms with van der Waals surface area (Å²) in [4.78, 5) is 12.1. The van der Waals surface area contributed by atoms with Gasteiger partial charge in [0.2, 0.25) is 0 Å². The topological polar surface area (TPSA) is 51.2 Å². The van der Waals surface area contributed by atoms with E-state index in [0.717, 1.165) is 16.3 Å². The molecular formula is C13H14N2O2S. The molecule has 0 spiro atoms. The summed E-state index contributed by atoms with van der Waals surface area (Å²) in [7, 11) is 1.52. The Bertz CT molecular complexity index is 525. The van der Waals surface area contributed by atoms with Gasteiger partial charge in [-0.3, -0.25) is 4.79 Å². The maximum atomic E-state index is 12.1. The van der Waals surface area contributed by atoms with E-state index >= 15 is 0 Å². The van der Waals surface area contributed by atoms with E-state index in [4.69, 9.17) is 4.74 Å². The van der Waals surface area contributed by atoms with Gasteiger partial charge in [-0.1, -0.05) is 30.3 Å². The van der Waals surface area contributed by atoms with Crippen LogP contribution in [0, 0.1) is 6.92 Å². The second kappa shape index (κ2) is 5.75. The number of hydrogen-bond donors (Lipinski definition) is 1. The summed E-state index contributed by atoms with van der Waals surface area (Å²) < 4.78 is 9.36. The Hall–Kier alpha value is -1.72. The van der Waals surface area contributed by atoms with Gasteiger partial charge in [0.15, 0.2) is 6.10 Å². The van der Waals surface area contributed by atoms with E-state index in [1.165, 1.54) is 18.6 Å². The van der Waals surface area contributed by atoms with Gasteiger partial charge in [-0.05, 0) is 30.1 Å². The third kappa shape index (κ3) is 2.94. The van der Waals surface area contributed by atoms with Crippen molar-refractivity contribution in [3.05, 3.63) is 47.7 Å². The maximum Gasteiger partial charge on any atom is 0.258 e. The fourth-order valence-corrected chi connectivity index (χ4v) is 2.30. The monoisotopic (exact) mass is 262 g/mol. The van der Waals surface area contributed by atoms with Crippen LogP contribution in [0.1, 0.15) is 17.4 Å². The molecule has 1 heterocycles. The van der Waals surface area contributed by atoms with Crippen LogP contribution in [0.2, 0.25) is 0 Å². The second-order valence-corrected chi connectivity index (χ2v) is 4.65. The van der Waals surface area contributed by atoms with Crippen LogP contribution in [-0.2, 0) is 9.53 Å². The van der Waals surface area contributed by atoms with Crippen molar-refractivity contribution in [3.8, 4) is 0 Å². The molecule has 0 aliphatic rings. The third-order valence-electron chi connectivity index (χ3n) is 2.45. The van der Waals surface area contributed by atoms with Gasteiger partial charge in [-0.15, -0.1) is 0 Å². The molecule has 2 aromatic rings. The quantitative estimate of drug-likeness (QED) is 0.921. The number of carbonyl (C=O) groups excluding carboxylic acids is 1. The largest absolute Gasteiger partial charge is 0.367 e. The van der Waals surface area contributed by atoms with Crippen molar-refractivity contribution < 1.29 is 9.53 Å². The van der Waals surface area contributed by atoms with Gasteiger partial charge in [0, 0.05) is 7.11 Å². The summed E-state index contributed by atoms with van der Waals surface area (Å²) in [5.41, 5.74) is 1.72. The summed E-state index contributed by atoms with van der Waals surface area (Å²) in [5.74, 6) is -0.188. The lowest BCUT2D eigenvalue weighted by molar-refractivity contribution is -0.126. The molecule has 1 amide bonds. The Kier molecular flexibility index (Phi) is 4.07. The molecule has 0 bridgehead atoms. The van der Waals surface area contributed by atoms with Crippen molar-refractivity contribution in [2.75, 3.05) is 12.4 Å². The molecule has 4 nitrogen and oxygen atoms in total. The van der Waals surface area contributed by atoms with Crippen LogP contribution in [0.5, 0.6) is 0 Å². The fourth-order valence-electron chi connectivity index (χ4n) is 1.63. The number of hydrogen-bond acceptors (Lipinski definition) is 4. The molecule has 0 aliphatic carbocycles. The van der Waals surface area contributed by atoms with E-state index in [1.807, 2.05) is 43.3 Å². The molecule has 94 valence electrons. The molecule has 1 aromatic heterocycles. The van der Waals surface area contributed by atoms with Crippen molar-refractivity contribution in [2.24, 2.45) is 0 Å². The maximum absolute atomic E-state index is 12.1. The van der Waals surface area contributed by atoms with Gasteiger partial charge in [0.1, 0.15) is 5.00 Å². The second-order valence-electron chi connectivity index (χ2n) is 3.85. The molecule has 2 rings (SSSR count). The Morgan fingerprint density at radius 1 is 1.39 bits per heavy atom. The number of benzene rings is 1. The van der Waals surface area contributed by atoms with E-state index in [1.54, 1.807) is 0 Å². The van der Waals surface area contributed by atoms with Crippen LogP contribution in [0.4, 0.5) is 5.00 Å². The Balaban J connectivity index is 2.11. The van der Waals surface area contributed by atoms with Crippen LogP contribution in [0.15, 0.2) is 36.4 Å². The molecule has 1 atom stereocenters. The van der Waals surface area contributed by atoms with Crippen molar-refractivity contribution in [1.29, 1.82) is 0 Å². The van der Waals surface area contributed by atoms with Crippen molar-refractivity contribution in [3.63, 3.8) is 0 Å². The van der Waals surface area contributed by atoms with Crippen molar-refractivity contribution in [1.82, 2.24) is 4.37 Å². The highest BCUT2D eigenvalue weighted by Gasteiger charge is 2.20. The van der Waals surface area contributed by atoms with E-state index < -0.39 is 6.10 Å². The fraction of sp³-hybridized carbons (Fsp3) is 0.231. The molecular weight excluding hydrogens is 248 g/mol. The SMILES string of the molecule is COC(C(=O)Nc1cc(C)ns1)c1ccccc1. The number of nitrogens with zero attached hydrogens (tertiary/aromatic N) is 1. The molecule has 0 aliphatic heterocycles. The minimum atomic E-state index is -0.603. The number of aryl methyl sites for hydroxylation is 1. The smallest absolute Gasteiger partial charge is 0.258 e. The molecule has 18 heavy (non-hydrogen) atoms. The minimum absolute atomic E-state index is 0.188. The van der Waals surface area contributed by atoms with Crippen molar-refractivity contribution >= 4 is 22.4 Å². The van der Waals surface area contributed by atoms with E-state index in [9.17, 15) is 4.79 Å². The molecule has 0 saturated heterocycles. The summed E-state index contributed by atoms with van der Waals surface area (Å²) in [5, 5.41) is 3.54. The number of nitrogens with one attached hydrogen (secondary N) is 1. The standard InChI is InChI=1S/C13H14N2O2S/c1-9-8-11(18-15-9)14-13(16)12(17-2)10-6-4-3-5-7-10/h3-8,12H,1-2H3,(H,14,16). The van der Waals surface area contributed by atoms with Crippen LogP contribution in [-0.4, -0.2) is 17.4 Å². The molecule has 0 fully saturated rings. The predicted molar refractivity (Wildman–Crippen MR) is 71.7 cm³/mol. The number of carbonyl (C=O) groups is 1. The zero-order valence-corrected chi connectivity index (χ0v) is 11.0. The van der Waals surface area contributed by atoms with E-state index in [-0.39, 0.29) is 5.91 Å². The number of amides is 1. The average Bonchev–Trinajstić information content (AvgIpc) is 2.77. The third-order valence-corrected chi connectivity index (χ3v) is 3.25. The lowest BCUT2D eigenvalue weighted by atomic mass is 10.1. The molecule has 1 aromatic carbocycles. The molecule has 0 saturated carbocycles. The minimum Gasteiger partial charge on any atom is -0.367 e. The molecule has 0 radical (unpaired) electrons. The molecule has 1 unspecified atom stereocenters. The molecule has 5 heteroatoms. The van der Waals surface area contributed by atoms with Crippen LogP contribution in [0.25, 0.3) is 0 Å². The number of ether oxygens (including phenoxy) is 1. The summed E-state index contributed by atoms with van der Waals surface area (Å²) in [6.07, 6.45) is -0.603. The van der Waals surface area contributed by atoms with E-state index in [0.29, 0.717) is 0 Å². The van der Waals surface area contributed by atoms with Gasteiger partial charge < -0.3 is 10.1 Å². The average molecular weight is 262 g/mol. The van der Waals surface area contributed by atoms with Gasteiger partial charge >= 0.3 is 0 Å². The summed E-state index contributed by atoms with van der Waals surface area (Å²) in [6.45, 7) is 1.89. The van der Waals surface area contributed by atoms with Gasteiger partial charge in [0.25, 0.3) is 5.91 Å². The highest BCUT2D eigenvalue weighted by atomic mass is 32.1. The predicted octanol–water partition coefficient (Wildman–Crippen LogP) is 2.78. The first-order valence-electron chi connectivity index (χ1n) is 5.52. The summed E-state index contributed by atoms with van der Waals surface area (Å²) >= 11 is 1.26. The normalized spacial score (nSPS) is 12.1. The van der Waals surface area contributed by atoms with Gasteiger partial charge in [-0.2, -0.15) is 4.37 Å². The van der Waals surface area contributed by atoms with Gasteiger partial charge in [0.05, 0.1) is 5.69 Å². The van der Waals surface area contributed by atoms with E-state index in [2.05, 4.69) is 9.69 Å². The Morgan fingerprint density at radius 2 is 2.11 bits per heavy atom. The first-order valence-corrected chi connectivity index (χ1v) is 6.30. The zero-order chi connectivity index (χ0) is 13.0. The zero-order valence-electron chi connectivity index (χ0n) is 10.2. The first-order chi connectivity index (χ1) is 8.70. The number of rotatable bonds is 4. The lowest BCUT2D eigenvalue weighted by Crippen LogP contribution is -2.22. The Labute approximate surface area is 110 Å². The lowest BCUT2D eigenvalue weighted by Gasteiger charge is -2.14. The number of aromatic nitrogens is 1. The first kappa shape index (κ1) is 12.7.